The van der Waals surface area contributed by atoms with Gasteiger partial charge in [-0.25, -0.2) is 0 Å². The van der Waals surface area contributed by atoms with E-state index in [0.29, 0.717) is 23.6 Å². The highest BCUT2D eigenvalue weighted by atomic mass is 16.6. The Morgan fingerprint density at radius 3 is 2.68 bits per heavy atom. The standard InChI is InChI=1S/C14H20N2O3/c1-4-5-10(2)8-14(17)15-12-6-7-13(16(18)19)11(3)9-12/h6-7,9-10H,4-5,8H2,1-3H3,(H,15,17). The molecule has 1 N–H and O–H groups in total. The first-order valence-electron chi connectivity index (χ1n) is 6.49. The third-order valence-corrected chi connectivity index (χ3v) is 2.99. The molecule has 0 saturated heterocycles. The molecule has 0 aliphatic carbocycles. The van der Waals surface area contributed by atoms with E-state index in [9.17, 15) is 14.9 Å². The van der Waals surface area contributed by atoms with Crippen LogP contribution in [0.15, 0.2) is 18.2 Å². The number of aryl methyl sites for hydroxylation is 1. The van der Waals surface area contributed by atoms with Crippen LogP contribution in [0.1, 0.15) is 38.7 Å². The lowest BCUT2D eigenvalue weighted by Crippen LogP contribution is -2.15. The summed E-state index contributed by atoms with van der Waals surface area (Å²) < 4.78 is 0. The van der Waals surface area contributed by atoms with Gasteiger partial charge < -0.3 is 5.32 Å². The predicted molar refractivity (Wildman–Crippen MR) is 75.2 cm³/mol. The lowest BCUT2D eigenvalue weighted by Gasteiger charge is -2.10. The molecule has 0 aliphatic heterocycles. The lowest BCUT2D eigenvalue weighted by molar-refractivity contribution is -0.385. The number of rotatable bonds is 6. The largest absolute Gasteiger partial charge is 0.326 e. The van der Waals surface area contributed by atoms with Crippen molar-refractivity contribution in [2.75, 3.05) is 5.32 Å². The molecule has 1 aromatic rings. The van der Waals surface area contributed by atoms with E-state index in [4.69, 9.17) is 0 Å². The monoisotopic (exact) mass is 264 g/mol. The van der Waals surface area contributed by atoms with E-state index >= 15 is 0 Å². The van der Waals surface area contributed by atoms with Gasteiger partial charge in [0.1, 0.15) is 0 Å². The van der Waals surface area contributed by atoms with Gasteiger partial charge in [-0.1, -0.05) is 26.7 Å². The van der Waals surface area contributed by atoms with E-state index in [0.717, 1.165) is 12.8 Å². The third-order valence-electron chi connectivity index (χ3n) is 2.99. The van der Waals surface area contributed by atoms with Gasteiger partial charge in [0.2, 0.25) is 5.91 Å². The highest BCUT2D eigenvalue weighted by Crippen LogP contribution is 2.22. The summed E-state index contributed by atoms with van der Waals surface area (Å²) in [6.07, 6.45) is 2.56. The zero-order valence-corrected chi connectivity index (χ0v) is 11.6. The number of nitro groups is 1. The quantitative estimate of drug-likeness (QED) is 0.629. The van der Waals surface area contributed by atoms with Crippen LogP contribution in [0.4, 0.5) is 11.4 Å². The van der Waals surface area contributed by atoms with E-state index in [1.807, 2.05) is 6.92 Å². The van der Waals surface area contributed by atoms with Crippen molar-refractivity contribution in [2.24, 2.45) is 5.92 Å². The summed E-state index contributed by atoms with van der Waals surface area (Å²) in [6.45, 7) is 5.80. The van der Waals surface area contributed by atoms with Crippen LogP contribution in [-0.2, 0) is 4.79 Å². The van der Waals surface area contributed by atoms with Crippen LogP contribution in [-0.4, -0.2) is 10.8 Å². The van der Waals surface area contributed by atoms with E-state index in [2.05, 4.69) is 12.2 Å². The van der Waals surface area contributed by atoms with Crippen LogP contribution < -0.4 is 5.32 Å². The molecule has 1 atom stereocenters. The summed E-state index contributed by atoms with van der Waals surface area (Å²) >= 11 is 0. The molecule has 0 spiro atoms. The highest BCUT2D eigenvalue weighted by Gasteiger charge is 2.12. The van der Waals surface area contributed by atoms with Gasteiger partial charge in [-0.05, 0) is 25.0 Å². The fraction of sp³-hybridized carbons (Fsp3) is 0.500. The van der Waals surface area contributed by atoms with Crippen LogP contribution in [0.5, 0.6) is 0 Å². The minimum Gasteiger partial charge on any atom is -0.326 e. The molecule has 0 aliphatic rings. The number of nitrogens with zero attached hydrogens (tertiary/aromatic N) is 1. The van der Waals surface area contributed by atoms with Gasteiger partial charge in [0.15, 0.2) is 0 Å². The average molecular weight is 264 g/mol. The Hall–Kier alpha value is -1.91. The van der Waals surface area contributed by atoms with Gasteiger partial charge in [-0.3, -0.25) is 14.9 Å². The lowest BCUT2D eigenvalue weighted by atomic mass is 10.0. The van der Waals surface area contributed by atoms with Crippen LogP contribution >= 0.6 is 0 Å². The number of carbonyl (C=O) groups is 1. The Morgan fingerprint density at radius 1 is 1.47 bits per heavy atom. The molecule has 5 nitrogen and oxygen atoms in total. The van der Waals surface area contributed by atoms with Gasteiger partial charge in [0, 0.05) is 23.7 Å². The van der Waals surface area contributed by atoms with Crippen LogP contribution in [0.25, 0.3) is 0 Å². The number of nitrogens with one attached hydrogen (secondary N) is 1. The molecule has 1 rings (SSSR count). The first kappa shape index (κ1) is 15.1. The zero-order valence-electron chi connectivity index (χ0n) is 11.6. The maximum Gasteiger partial charge on any atom is 0.272 e. The van der Waals surface area contributed by atoms with E-state index in [-0.39, 0.29) is 11.6 Å². The van der Waals surface area contributed by atoms with Gasteiger partial charge in [0.25, 0.3) is 5.69 Å². The Morgan fingerprint density at radius 2 is 2.16 bits per heavy atom. The van der Waals surface area contributed by atoms with Crippen LogP contribution in [0, 0.1) is 23.0 Å². The van der Waals surface area contributed by atoms with Crippen molar-refractivity contribution in [3.8, 4) is 0 Å². The number of anilines is 1. The van der Waals surface area contributed by atoms with Crippen molar-refractivity contribution in [1.82, 2.24) is 0 Å². The Bertz CT molecular complexity index is 472. The smallest absolute Gasteiger partial charge is 0.272 e. The highest BCUT2D eigenvalue weighted by molar-refractivity contribution is 5.91. The van der Waals surface area contributed by atoms with Gasteiger partial charge in [0.05, 0.1) is 4.92 Å². The third kappa shape index (κ3) is 4.69. The second-order valence-electron chi connectivity index (χ2n) is 4.90. The SMILES string of the molecule is CCCC(C)CC(=O)Nc1ccc([N+](=O)[O-])c(C)c1. The molecule has 5 heteroatoms. The van der Waals surface area contributed by atoms with Gasteiger partial charge in [-0.15, -0.1) is 0 Å². The summed E-state index contributed by atoms with van der Waals surface area (Å²) in [7, 11) is 0. The first-order chi connectivity index (χ1) is 8.93. The molecule has 19 heavy (non-hydrogen) atoms. The zero-order chi connectivity index (χ0) is 14.4. The summed E-state index contributed by atoms with van der Waals surface area (Å²) in [5.74, 6) is 0.304. The van der Waals surface area contributed by atoms with E-state index in [1.54, 1.807) is 19.1 Å². The number of amides is 1. The normalized spacial score (nSPS) is 11.9. The van der Waals surface area contributed by atoms with Crippen molar-refractivity contribution >= 4 is 17.3 Å². The number of nitro benzene ring substituents is 1. The summed E-state index contributed by atoms with van der Waals surface area (Å²) in [4.78, 5) is 22.0. The van der Waals surface area contributed by atoms with Crippen LogP contribution in [0.3, 0.4) is 0 Å². The average Bonchev–Trinajstić information content (AvgIpc) is 2.28. The maximum absolute atomic E-state index is 11.8. The first-order valence-corrected chi connectivity index (χ1v) is 6.49. The fourth-order valence-electron chi connectivity index (χ4n) is 2.06. The summed E-state index contributed by atoms with van der Waals surface area (Å²) in [5.41, 5.74) is 1.22. The number of carbonyl (C=O) groups excluding carboxylic acids is 1. The second kappa shape index (κ2) is 6.87. The molecule has 0 saturated carbocycles. The second-order valence-corrected chi connectivity index (χ2v) is 4.90. The molecule has 0 aromatic heterocycles. The van der Waals surface area contributed by atoms with Crippen LogP contribution in [0.2, 0.25) is 0 Å². The minimum absolute atomic E-state index is 0.0470. The van der Waals surface area contributed by atoms with Crippen molar-refractivity contribution in [3.63, 3.8) is 0 Å². The predicted octanol–water partition coefficient (Wildman–Crippen LogP) is 3.67. The van der Waals surface area contributed by atoms with Gasteiger partial charge in [-0.2, -0.15) is 0 Å². The molecule has 104 valence electrons. The Kier molecular flexibility index (Phi) is 5.48. The molecule has 0 heterocycles. The topological polar surface area (TPSA) is 72.2 Å². The van der Waals surface area contributed by atoms with E-state index < -0.39 is 4.92 Å². The van der Waals surface area contributed by atoms with E-state index in [1.165, 1.54) is 6.07 Å². The minimum atomic E-state index is -0.426. The molecular formula is C14H20N2O3. The molecule has 0 bridgehead atoms. The van der Waals surface area contributed by atoms with Gasteiger partial charge >= 0.3 is 0 Å². The number of hydrogen-bond donors (Lipinski definition) is 1. The van der Waals surface area contributed by atoms with Crippen molar-refractivity contribution in [2.45, 2.75) is 40.0 Å². The molecule has 1 aromatic carbocycles. The van der Waals surface area contributed by atoms with Crippen molar-refractivity contribution < 1.29 is 9.72 Å². The molecule has 1 amide bonds. The van der Waals surface area contributed by atoms with Crippen molar-refractivity contribution in [1.29, 1.82) is 0 Å². The molecule has 0 fully saturated rings. The molecule has 1 unspecified atom stereocenters. The van der Waals surface area contributed by atoms with Crippen molar-refractivity contribution in [3.05, 3.63) is 33.9 Å². The number of benzene rings is 1. The molecular weight excluding hydrogens is 244 g/mol. The Balaban J connectivity index is 2.65. The maximum atomic E-state index is 11.8. The molecule has 0 radical (unpaired) electrons. The fourth-order valence-corrected chi connectivity index (χ4v) is 2.06. The Labute approximate surface area is 113 Å². The summed E-state index contributed by atoms with van der Waals surface area (Å²) in [5, 5.41) is 13.5. The summed E-state index contributed by atoms with van der Waals surface area (Å²) in [6, 6.07) is 4.61. The number of hydrogen-bond acceptors (Lipinski definition) is 3.